The molecule has 174 valence electrons. The Labute approximate surface area is 197 Å². The molecule has 0 bridgehead atoms. The van der Waals surface area contributed by atoms with Crippen LogP contribution in [0.25, 0.3) is 0 Å². The van der Waals surface area contributed by atoms with Crippen LogP contribution in [0.4, 0.5) is 5.69 Å². The molecule has 10 heteroatoms. The lowest BCUT2D eigenvalue weighted by atomic mass is 10.1. The Hall–Kier alpha value is -3.43. The second-order valence-corrected chi connectivity index (χ2v) is 9.15. The highest BCUT2D eigenvalue weighted by molar-refractivity contribution is 7.92. The number of nitrogens with one attached hydrogen (secondary N) is 1. The number of allylic oxidation sites excluding steroid dienone is 1. The maximum atomic E-state index is 13.3. The molecule has 2 rings (SSSR count). The number of sulfonamides is 1. The molecule has 0 aliphatic carbocycles. The molecular formula is C23H23ClN2O6S. The first kappa shape index (κ1) is 25.8. The maximum absolute atomic E-state index is 13.3. The lowest BCUT2D eigenvalue weighted by Crippen LogP contribution is -2.31. The average Bonchev–Trinajstić information content (AvgIpc) is 2.76. The lowest BCUT2D eigenvalue weighted by Gasteiger charge is -2.23. The standard InChI is InChI=1S/C23H23ClN2O6S/c1-4-12-26(17-8-6-5-7-9-17)33(30,31)18-10-11-20(24)19(13-18)23(29)32-14-21(28)22(15(2)25)16(3)27/h4-11,13,25,28H,1,12,14H2,2-3H3/b22-21-,25-15?. The van der Waals surface area contributed by atoms with Crippen LogP contribution in [0.15, 0.2) is 77.4 Å². The fourth-order valence-electron chi connectivity index (χ4n) is 2.97. The molecule has 0 saturated heterocycles. The summed E-state index contributed by atoms with van der Waals surface area (Å²) >= 11 is 6.09. The minimum absolute atomic E-state index is 0.00970. The number of nitrogens with zero attached hydrogens (tertiary/aromatic N) is 1. The summed E-state index contributed by atoms with van der Waals surface area (Å²) in [4.78, 5) is 24.0. The number of halogens is 1. The first-order chi connectivity index (χ1) is 15.5. The van der Waals surface area contributed by atoms with Crippen molar-refractivity contribution in [2.45, 2.75) is 18.7 Å². The highest BCUT2D eigenvalue weighted by Gasteiger charge is 2.26. The number of carbonyl (C=O) groups is 2. The van der Waals surface area contributed by atoms with Crippen molar-refractivity contribution >= 4 is 44.8 Å². The van der Waals surface area contributed by atoms with E-state index in [1.54, 1.807) is 30.3 Å². The van der Waals surface area contributed by atoms with Crippen LogP contribution in [-0.4, -0.2) is 44.1 Å². The molecule has 33 heavy (non-hydrogen) atoms. The van der Waals surface area contributed by atoms with Crippen molar-refractivity contribution in [3.63, 3.8) is 0 Å². The van der Waals surface area contributed by atoms with E-state index in [1.807, 2.05) is 0 Å². The van der Waals surface area contributed by atoms with Crippen LogP contribution in [0.3, 0.4) is 0 Å². The quantitative estimate of drug-likeness (QED) is 0.168. The van der Waals surface area contributed by atoms with Gasteiger partial charge in [0.25, 0.3) is 10.0 Å². The summed E-state index contributed by atoms with van der Waals surface area (Å²) in [5.74, 6) is -2.17. The summed E-state index contributed by atoms with van der Waals surface area (Å²) in [7, 11) is -4.09. The third kappa shape index (κ3) is 6.09. The fourth-order valence-corrected chi connectivity index (χ4v) is 4.63. The molecule has 0 aliphatic rings. The third-order valence-corrected chi connectivity index (χ3v) is 6.56. The number of anilines is 1. The molecule has 0 unspecified atom stereocenters. The van der Waals surface area contributed by atoms with Crippen LogP contribution in [0.1, 0.15) is 24.2 Å². The van der Waals surface area contributed by atoms with E-state index in [9.17, 15) is 23.1 Å². The van der Waals surface area contributed by atoms with Gasteiger partial charge in [0.1, 0.15) is 12.4 Å². The van der Waals surface area contributed by atoms with E-state index in [2.05, 4.69) is 6.58 Å². The number of rotatable bonds is 10. The predicted molar refractivity (Wildman–Crippen MR) is 127 cm³/mol. The number of ether oxygens (including phenoxy) is 1. The van der Waals surface area contributed by atoms with Crippen molar-refractivity contribution in [3.05, 3.63) is 83.1 Å². The number of para-hydroxylation sites is 1. The van der Waals surface area contributed by atoms with Crippen molar-refractivity contribution in [3.8, 4) is 0 Å². The van der Waals surface area contributed by atoms with E-state index in [1.165, 1.54) is 32.1 Å². The zero-order valence-electron chi connectivity index (χ0n) is 18.0. The van der Waals surface area contributed by atoms with Gasteiger partial charge < -0.3 is 15.3 Å². The van der Waals surface area contributed by atoms with Gasteiger partial charge in [-0.05, 0) is 44.2 Å². The molecule has 0 amide bonds. The van der Waals surface area contributed by atoms with Gasteiger partial charge in [-0.25, -0.2) is 13.2 Å². The molecule has 0 aliphatic heterocycles. The van der Waals surface area contributed by atoms with Crippen molar-refractivity contribution in [2.24, 2.45) is 0 Å². The van der Waals surface area contributed by atoms with E-state index in [0.29, 0.717) is 5.69 Å². The molecular weight excluding hydrogens is 468 g/mol. The summed E-state index contributed by atoms with van der Waals surface area (Å²) in [6.45, 7) is 5.38. The largest absolute Gasteiger partial charge is 0.508 e. The Morgan fingerprint density at radius 1 is 1.18 bits per heavy atom. The highest BCUT2D eigenvalue weighted by Crippen LogP contribution is 2.27. The molecule has 0 spiro atoms. The number of aliphatic hydroxyl groups excluding tert-OH is 1. The van der Waals surface area contributed by atoms with Crippen molar-refractivity contribution in [2.75, 3.05) is 17.5 Å². The van der Waals surface area contributed by atoms with E-state index in [0.717, 1.165) is 10.4 Å². The molecule has 2 aromatic rings. The number of ketones is 1. The first-order valence-corrected chi connectivity index (χ1v) is 11.5. The Morgan fingerprint density at radius 2 is 1.82 bits per heavy atom. The SMILES string of the molecule is C=CCN(c1ccccc1)S(=O)(=O)c1ccc(Cl)c(C(=O)OC/C(O)=C(\C(C)=N)C(C)=O)c1. The van der Waals surface area contributed by atoms with E-state index in [-0.39, 0.29) is 33.3 Å². The molecule has 0 atom stereocenters. The summed E-state index contributed by atoms with van der Waals surface area (Å²) in [6, 6.07) is 12.0. The predicted octanol–water partition coefficient (Wildman–Crippen LogP) is 4.32. The topological polar surface area (TPSA) is 125 Å². The van der Waals surface area contributed by atoms with Gasteiger partial charge in [-0.2, -0.15) is 0 Å². The monoisotopic (exact) mass is 490 g/mol. The zero-order valence-corrected chi connectivity index (χ0v) is 19.6. The van der Waals surface area contributed by atoms with Gasteiger partial charge in [-0.3, -0.25) is 9.10 Å². The number of hydrogen-bond acceptors (Lipinski definition) is 7. The molecule has 0 saturated carbocycles. The molecule has 8 nitrogen and oxygen atoms in total. The number of hydrogen-bond donors (Lipinski definition) is 2. The van der Waals surface area contributed by atoms with Crippen LogP contribution in [0.2, 0.25) is 5.02 Å². The van der Waals surface area contributed by atoms with Gasteiger partial charge in [0, 0.05) is 5.71 Å². The molecule has 0 radical (unpaired) electrons. The summed E-state index contributed by atoms with van der Waals surface area (Å²) in [5, 5.41) is 17.5. The Bertz CT molecular complexity index is 1210. The van der Waals surface area contributed by atoms with Gasteiger partial charge >= 0.3 is 5.97 Å². The number of esters is 1. The first-order valence-electron chi connectivity index (χ1n) is 9.64. The van der Waals surface area contributed by atoms with E-state index < -0.39 is 34.1 Å². The lowest BCUT2D eigenvalue weighted by molar-refractivity contribution is -0.113. The molecule has 0 aromatic heterocycles. The second-order valence-electron chi connectivity index (χ2n) is 6.88. The fraction of sp³-hybridized carbons (Fsp3) is 0.174. The van der Waals surface area contributed by atoms with Crippen LogP contribution in [0.5, 0.6) is 0 Å². The second kappa shape index (κ2) is 10.9. The maximum Gasteiger partial charge on any atom is 0.340 e. The number of Topliss-reactive ketones (excluding diaryl/α,β-unsaturated/α-hetero) is 1. The Morgan fingerprint density at radius 3 is 2.36 bits per heavy atom. The Balaban J connectivity index is 2.39. The minimum atomic E-state index is -4.09. The van der Waals surface area contributed by atoms with Crippen molar-refractivity contribution < 1.29 is 27.9 Å². The molecule has 2 N–H and O–H groups in total. The minimum Gasteiger partial charge on any atom is -0.508 e. The molecule has 0 fully saturated rings. The summed E-state index contributed by atoms with van der Waals surface area (Å²) < 4.78 is 32.7. The smallest absolute Gasteiger partial charge is 0.340 e. The summed E-state index contributed by atoms with van der Waals surface area (Å²) in [6.07, 6.45) is 1.43. The molecule has 0 heterocycles. The van der Waals surface area contributed by atoms with Gasteiger partial charge in [0.05, 0.1) is 33.3 Å². The van der Waals surface area contributed by atoms with Crippen LogP contribution in [-0.2, 0) is 19.6 Å². The normalized spacial score (nSPS) is 11.8. The third-order valence-electron chi connectivity index (χ3n) is 4.44. The van der Waals surface area contributed by atoms with Gasteiger partial charge in [0.2, 0.25) is 0 Å². The molecule has 2 aromatic carbocycles. The van der Waals surface area contributed by atoms with Gasteiger partial charge in [-0.1, -0.05) is 35.9 Å². The average molecular weight is 491 g/mol. The van der Waals surface area contributed by atoms with Gasteiger partial charge in [-0.15, -0.1) is 6.58 Å². The zero-order chi connectivity index (χ0) is 24.8. The number of carbonyl (C=O) groups excluding carboxylic acids is 2. The van der Waals surface area contributed by atoms with Crippen molar-refractivity contribution in [1.29, 1.82) is 5.41 Å². The number of aliphatic hydroxyl groups is 1. The van der Waals surface area contributed by atoms with E-state index >= 15 is 0 Å². The van der Waals surface area contributed by atoms with Crippen LogP contribution in [0, 0.1) is 5.41 Å². The highest BCUT2D eigenvalue weighted by atomic mass is 35.5. The number of benzene rings is 2. The van der Waals surface area contributed by atoms with E-state index in [4.69, 9.17) is 21.7 Å². The van der Waals surface area contributed by atoms with Crippen LogP contribution >= 0.6 is 11.6 Å². The Kier molecular flexibility index (Phi) is 8.56. The summed E-state index contributed by atoms with van der Waals surface area (Å²) in [5.41, 5.74) is -0.294. The van der Waals surface area contributed by atoms with Crippen LogP contribution < -0.4 is 4.31 Å². The van der Waals surface area contributed by atoms with Crippen molar-refractivity contribution in [1.82, 2.24) is 0 Å². The van der Waals surface area contributed by atoms with Gasteiger partial charge in [0.15, 0.2) is 5.78 Å².